The molecular formula is C15H21ClN4S. The predicted octanol–water partition coefficient (Wildman–Crippen LogP) is 3.80. The van der Waals surface area contributed by atoms with Gasteiger partial charge in [-0.25, -0.2) is 9.97 Å². The summed E-state index contributed by atoms with van der Waals surface area (Å²) in [5, 5.41) is 4.93. The van der Waals surface area contributed by atoms with E-state index >= 15 is 0 Å². The molecule has 6 heteroatoms. The molecule has 1 unspecified atom stereocenters. The van der Waals surface area contributed by atoms with Crippen molar-refractivity contribution in [3.63, 3.8) is 0 Å². The molecule has 1 aliphatic rings. The SMILES string of the molecule is CCc1cc2c(NC(C)CN3CCCC3)nc(Cl)nc2s1. The number of rotatable bonds is 5. The van der Waals surface area contributed by atoms with Gasteiger partial charge in [0.15, 0.2) is 0 Å². The third-order valence-electron chi connectivity index (χ3n) is 3.88. The fourth-order valence-electron chi connectivity index (χ4n) is 2.86. The number of aryl methyl sites for hydroxylation is 1. The van der Waals surface area contributed by atoms with E-state index in [4.69, 9.17) is 11.6 Å². The predicted molar refractivity (Wildman–Crippen MR) is 90.6 cm³/mol. The summed E-state index contributed by atoms with van der Waals surface area (Å²) in [6.07, 6.45) is 3.66. The van der Waals surface area contributed by atoms with Crippen LogP contribution >= 0.6 is 22.9 Å². The highest BCUT2D eigenvalue weighted by atomic mass is 35.5. The van der Waals surface area contributed by atoms with Crippen LogP contribution in [-0.2, 0) is 6.42 Å². The Balaban J connectivity index is 1.79. The fourth-order valence-corrected chi connectivity index (χ4v) is 4.05. The van der Waals surface area contributed by atoms with Crippen molar-refractivity contribution < 1.29 is 0 Å². The zero-order valence-corrected chi connectivity index (χ0v) is 14.1. The molecule has 1 aliphatic heterocycles. The topological polar surface area (TPSA) is 41.0 Å². The molecule has 0 aromatic carbocycles. The second-order valence-electron chi connectivity index (χ2n) is 5.68. The molecule has 1 saturated heterocycles. The molecule has 1 N–H and O–H groups in total. The molecule has 0 saturated carbocycles. The van der Waals surface area contributed by atoms with Gasteiger partial charge in [0.25, 0.3) is 0 Å². The third-order valence-corrected chi connectivity index (χ3v) is 5.22. The molecule has 1 fully saturated rings. The van der Waals surface area contributed by atoms with Gasteiger partial charge in [-0.1, -0.05) is 6.92 Å². The molecule has 0 radical (unpaired) electrons. The van der Waals surface area contributed by atoms with Crippen molar-refractivity contribution >= 4 is 39.0 Å². The number of hydrogen-bond acceptors (Lipinski definition) is 5. The number of anilines is 1. The highest BCUT2D eigenvalue weighted by Gasteiger charge is 2.17. The monoisotopic (exact) mass is 324 g/mol. The molecule has 3 heterocycles. The molecule has 0 bridgehead atoms. The van der Waals surface area contributed by atoms with Gasteiger partial charge in [0, 0.05) is 17.5 Å². The lowest BCUT2D eigenvalue weighted by Gasteiger charge is -2.21. The van der Waals surface area contributed by atoms with E-state index in [2.05, 4.69) is 40.1 Å². The van der Waals surface area contributed by atoms with E-state index in [-0.39, 0.29) is 0 Å². The smallest absolute Gasteiger partial charge is 0.225 e. The molecule has 21 heavy (non-hydrogen) atoms. The Morgan fingerprint density at radius 3 is 2.86 bits per heavy atom. The van der Waals surface area contributed by atoms with E-state index in [1.165, 1.54) is 30.8 Å². The Morgan fingerprint density at radius 1 is 1.38 bits per heavy atom. The minimum absolute atomic E-state index is 0.322. The van der Waals surface area contributed by atoms with Gasteiger partial charge < -0.3 is 10.2 Å². The molecule has 2 aromatic heterocycles. The zero-order chi connectivity index (χ0) is 14.8. The Labute approximate surface area is 134 Å². The van der Waals surface area contributed by atoms with Crippen LogP contribution < -0.4 is 5.32 Å². The lowest BCUT2D eigenvalue weighted by Crippen LogP contribution is -2.33. The Kier molecular flexibility index (Phi) is 4.62. The molecule has 2 aromatic rings. The van der Waals surface area contributed by atoms with Crippen LogP contribution in [0, 0.1) is 0 Å². The molecule has 0 aliphatic carbocycles. The number of halogens is 1. The van der Waals surface area contributed by atoms with Crippen LogP contribution in [0.2, 0.25) is 5.28 Å². The first-order valence-electron chi connectivity index (χ1n) is 7.60. The first-order chi connectivity index (χ1) is 10.2. The van der Waals surface area contributed by atoms with Gasteiger partial charge in [0.05, 0.1) is 5.39 Å². The second kappa shape index (κ2) is 6.46. The van der Waals surface area contributed by atoms with Crippen LogP contribution in [0.25, 0.3) is 10.2 Å². The molecule has 0 spiro atoms. The molecular weight excluding hydrogens is 304 g/mol. The lowest BCUT2D eigenvalue weighted by molar-refractivity contribution is 0.327. The Bertz CT molecular complexity index is 621. The van der Waals surface area contributed by atoms with Crippen LogP contribution in [0.15, 0.2) is 6.07 Å². The normalized spacial score (nSPS) is 17.5. The highest BCUT2D eigenvalue weighted by Crippen LogP contribution is 2.30. The van der Waals surface area contributed by atoms with Crippen molar-refractivity contribution in [2.75, 3.05) is 25.0 Å². The van der Waals surface area contributed by atoms with E-state index in [1.807, 2.05) is 0 Å². The molecule has 4 nitrogen and oxygen atoms in total. The van der Waals surface area contributed by atoms with Crippen molar-refractivity contribution in [1.29, 1.82) is 0 Å². The summed E-state index contributed by atoms with van der Waals surface area (Å²) in [5.74, 6) is 0.868. The Morgan fingerprint density at radius 2 is 2.14 bits per heavy atom. The largest absolute Gasteiger partial charge is 0.366 e. The maximum Gasteiger partial charge on any atom is 0.225 e. The van der Waals surface area contributed by atoms with E-state index in [0.29, 0.717) is 11.3 Å². The quantitative estimate of drug-likeness (QED) is 0.849. The van der Waals surface area contributed by atoms with E-state index < -0.39 is 0 Å². The van der Waals surface area contributed by atoms with E-state index in [9.17, 15) is 0 Å². The summed E-state index contributed by atoms with van der Waals surface area (Å²) < 4.78 is 0. The number of fused-ring (bicyclic) bond motifs is 1. The van der Waals surface area contributed by atoms with Crippen LogP contribution in [0.3, 0.4) is 0 Å². The summed E-state index contributed by atoms with van der Waals surface area (Å²) in [5.41, 5.74) is 0. The number of nitrogens with zero attached hydrogens (tertiary/aromatic N) is 3. The van der Waals surface area contributed by atoms with E-state index in [1.54, 1.807) is 11.3 Å². The number of likely N-dealkylation sites (tertiary alicyclic amines) is 1. The van der Waals surface area contributed by atoms with Gasteiger partial charge in [0.2, 0.25) is 5.28 Å². The first kappa shape index (κ1) is 15.0. The average Bonchev–Trinajstić information content (AvgIpc) is 3.07. The molecule has 3 rings (SSSR count). The van der Waals surface area contributed by atoms with Crippen molar-refractivity contribution in [2.24, 2.45) is 0 Å². The van der Waals surface area contributed by atoms with Crippen LogP contribution in [-0.4, -0.2) is 40.5 Å². The van der Waals surface area contributed by atoms with Gasteiger partial charge in [0.1, 0.15) is 10.6 Å². The minimum atomic E-state index is 0.322. The lowest BCUT2D eigenvalue weighted by atomic mass is 10.2. The van der Waals surface area contributed by atoms with Gasteiger partial charge in [-0.3, -0.25) is 0 Å². The van der Waals surface area contributed by atoms with Gasteiger partial charge in [-0.15, -0.1) is 11.3 Å². The summed E-state index contributed by atoms with van der Waals surface area (Å²) in [6, 6.07) is 2.53. The summed E-state index contributed by atoms with van der Waals surface area (Å²) in [4.78, 5) is 13.5. The number of nitrogens with one attached hydrogen (secondary N) is 1. The number of hydrogen-bond donors (Lipinski definition) is 1. The minimum Gasteiger partial charge on any atom is -0.366 e. The van der Waals surface area contributed by atoms with Gasteiger partial charge in [-0.05, 0) is 56.9 Å². The summed E-state index contributed by atoms with van der Waals surface area (Å²) in [7, 11) is 0. The Hall–Kier alpha value is -0.910. The van der Waals surface area contributed by atoms with E-state index in [0.717, 1.165) is 29.0 Å². The van der Waals surface area contributed by atoms with Crippen molar-refractivity contribution in [1.82, 2.24) is 14.9 Å². The van der Waals surface area contributed by atoms with Gasteiger partial charge in [-0.2, -0.15) is 0 Å². The molecule has 1 atom stereocenters. The maximum absolute atomic E-state index is 6.06. The standard InChI is InChI=1S/C15H21ClN4S/c1-3-11-8-12-13(18-15(16)19-14(12)21-11)17-10(2)9-20-6-4-5-7-20/h8,10H,3-7,9H2,1-2H3,(H,17,18,19). The van der Waals surface area contributed by atoms with Crippen molar-refractivity contribution in [3.8, 4) is 0 Å². The van der Waals surface area contributed by atoms with Gasteiger partial charge >= 0.3 is 0 Å². The average molecular weight is 325 g/mol. The van der Waals surface area contributed by atoms with Crippen molar-refractivity contribution in [3.05, 3.63) is 16.2 Å². The highest BCUT2D eigenvalue weighted by molar-refractivity contribution is 7.18. The summed E-state index contributed by atoms with van der Waals surface area (Å²) in [6.45, 7) is 7.83. The van der Waals surface area contributed by atoms with Crippen LogP contribution in [0.1, 0.15) is 31.6 Å². The number of aromatic nitrogens is 2. The molecule has 0 amide bonds. The fraction of sp³-hybridized carbons (Fsp3) is 0.600. The second-order valence-corrected chi connectivity index (χ2v) is 7.13. The van der Waals surface area contributed by atoms with Crippen LogP contribution in [0.4, 0.5) is 5.82 Å². The van der Waals surface area contributed by atoms with Crippen LogP contribution in [0.5, 0.6) is 0 Å². The molecule has 114 valence electrons. The maximum atomic E-state index is 6.06. The first-order valence-corrected chi connectivity index (χ1v) is 8.80. The number of thiophene rings is 1. The van der Waals surface area contributed by atoms with Crippen molar-refractivity contribution in [2.45, 2.75) is 39.2 Å². The zero-order valence-electron chi connectivity index (χ0n) is 12.5. The summed E-state index contributed by atoms with van der Waals surface area (Å²) >= 11 is 7.76. The third kappa shape index (κ3) is 3.47.